The van der Waals surface area contributed by atoms with E-state index in [0.717, 1.165) is 31.5 Å². The van der Waals surface area contributed by atoms with Gasteiger partial charge in [0.15, 0.2) is 0 Å². The van der Waals surface area contributed by atoms with E-state index >= 15 is 0 Å². The van der Waals surface area contributed by atoms with Gasteiger partial charge in [0.25, 0.3) is 11.8 Å². The van der Waals surface area contributed by atoms with Gasteiger partial charge in [-0.15, -0.1) is 0 Å². The summed E-state index contributed by atoms with van der Waals surface area (Å²) in [7, 11) is 3.44. The van der Waals surface area contributed by atoms with Crippen LogP contribution in [-0.2, 0) is 16.0 Å². The Bertz CT molecular complexity index is 1100. The van der Waals surface area contributed by atoms with Crippen LogP contribution in [0.25, 0.3) is 0 Å². The smallest absolute Gasteiger partial charge is 0.263 e. The van der Waals surface area contributed by atoms with Crippen molar-refractivity contribution < 1.29 is 19.1 Å². The van der Waals surface area contributed by atoms with Gasteiger partial charge in [0.05, 0.1) is 34.9 Å². The zero-order valence-electron chi connectivity index (χ0n) is 21.1. The molecule has 0 aromatic heterocycles. The highest BCUT2D eigenvalue weighted by Gasteiger charge is 2.41. The van der Waals surface area contributed by atoms with E-state index in [2.05, 4.69) is 17.0 Å². The van der Waals surface area contributed by atoms with Crippen molar-refractivity contribution in [3.05, 3.63) is 65.2 Å². The number of amides is 3. The van der Waals surface area contributed by atoms with Crippen LogP contribution in [0.4, 0.5) is 5.69 Å². The maximum atomic E-state index is 13.4. The Hall–Kier alpha value is -3.19. The first-order chi connectivity index (χ1) is 16.7. The number of rotatable bonds is 8. The van der Waals surface area contributed by atoms with Crippen LogP contribution in [0.5, 0.6) is 0 Å². The summed E-state index contributed by atoms with van der Waals surface area (Å²) < 4.78 is 5.45. The van der Waals surface area contributed by atoms with Gasteiger partial charge < -0.3 is 14.5 Å². The Kier molecular flexibility index (Phi) is 7.26. The van der Waals surface area contributed by atoms with E-state index in [4.69, 9.17) is 4.74 Å². The average molecular weight is 478 g/mol. The number of methoxy groups -OCH3 is 1. The summed E-state index contributed by atoms with van der Waals surface area (Å²) in [4.78, 5) is 44.9. The van der Waals surface area contributed by atoms with E-state index in [-0.39, 0.29) is 30.2 Å². The van der Waals surface area contributed by atoms with Crippen LogP contribution >= 0.6 is 0 Å². The molecule has 0 radical (unpaired) electrons. The summed E-state index contributed by atoms with van der Waals surface area (Å²) in [6.45, 7) is 5.84. The lowest BCUT2D eigenvalue weighted by Gasteiger charge is -2.36. The quantitative estimate of drug-likeness (QED) is 0.543. The maximum Gasteiger partial charge on any atom is 0.263 e. The van der Waals surface area contributed by atoms with Crippen LogP contribution in [0.2, 0.25) is 0 Å². The van der Waals surface area contributed by atoms with Gasteiger partial charge in [-0.25, -0.2) is 0 Å². The van der Waals surface area contributed by atoms with E-state index < -0.39 is 5.60 Å². The van der Waals surface area contributed by atoms with Crippen molar-refractivity contribution in [2.75, 3.05) is 45.2 Å². The number of carbonyl (C=O) groups excluding carboxylic acids is 3. The van der Waals surface area contributed by atoms with Crippen molar-refractivity contribution in [1.29, 1.82) is 0 Å². The van der Waals surface area contributed by atoms with Gasteiger partial charge in [-0.3, -0.25) is 19.3 Å². The summed E-state index contributed by atoms with van der Waals surface area (Å²) in [5, 5.41) is 0. The standard InChI is InChI=1S/C28H35N3O4/c1-28(2,35-4)19-31-26(33)22-13-8-14-23(24(22)27(31)34)30-16-9-12-21(18-30)25(32)29(3)17-15-20-10-6-5-7-11-20/h5-8,10-11,13-14,21H,9,12,15-19H2,1-4H3/t21-/m0/s1. The molecule has 2 aliphatic heterocycles. The topological polar surface area (TPSA) is 70.2 Å². The number of ether oxygens (including phenoxy) is 1. The number of hydrogen-bond donors (Lipinski definition) is 0. The molecule has 35 heavy (non-hydrogen) atoms. The second-order valence-electron chi connectivity index (χ2n) is 10.1. The molecule has 1 fully saturated rings. The Morgan fingerprint density at radius 3 is 2.54 bits per heavy atom. The molecule has 0 aliphatic carbocycles. The number of benzene rings is 2. The van der Waals surface area contributed by atoms with Crippen molar-refractivity contribution in [2.45, 2.75) is 38.7 Å². The molecule has 3 amide bonds. The monoisotopic (exact) mass is 477 g/mol. The summed E-state index contributed by atoms with van der Waals surface area (Å²) in [6, 6.07) is 15.6. The summed E-state index contributed by atoms with van der Waals surface area (Å²) in [6.07, 6.45) is 2.49. The lowest BCUT2D eigenvalue weighted by atomic mass is 9.94. The summed E-state index contributed by atoms with van der Waals surface area (Å²) in [5.41, 5.74) is 2.17. The van der Waals surface area contributed by atoms with Gasteiger partial charge in [-0.2, -0.15) is 0 Å². The van der Waals surface area contributed by atoms with Crippen LogP contribution < -0.4 is 4.90 Å². The third kappa shape index (κ3) is 5.25. The molecule has 7 nitrogen and oxygen atoms in total. The number of carbonyl (C=O) groups is 3. The van der Waals surface area contributed by atoms with Crippen LogP contribution in [0, 0.1) is 5.92 Å². The van der Waals surface area contributed by atoms with Gasteiger partial charge in [0.2, 0.25) is 5.91 Å². The van der Waals surface area contributed by atoms with E-state index in [9.17, 15) is 14.4 Å². The lowest BCUT2D eigenvalue weighted by Crippen LogP contribution is -2.45. The predicted octanol–water partition coefficient (Wildman–Crippen LogP) is 3.63. The van der Waals surface area contributed by atoms with Crippen LogP contribution in [0.1, 0.15) is 53.0 Å². The Labute approximate surface area is 207 Å². The first-order valence-electron chi connectivity index (χ1n) is 12.3. The molecule has 186 valence electrons. The van der Waals surface area contributed by atoms with Gasteiger partial charge >= 0.3 is 0 Å². The summed E-state index contributed by atoms with van der Waals surface area (Å²) in [5.74, 6) is -0.596. The molecule has 2 aliphatic rings. The van der Waals surface area contributed by atoms with Crippen molar-refractivity contribution >= 4 is 23.4 Å². The van der Waals surface area contributed by atoms with Crippen molar-refractivity contribution in [3.63, 3.8) is 0 Å². The fourth-order valence-electron chi connectivity index (χ4n) is 4.93. The van der Waals surface area contributed by atoms with Crippen molar-refractivity contribution in [2.24, 2.45) is 5.92 Å². The molecule has 0 N–H and O–H groups in total. The summed E-state index contributed by atoms with van der Waals surface area (Å²) >= 11 is 0. The highest BCUT2D eigenvalue weighted by atomic mass is 16.5. The van der Waals surface area contributed by atoms with Crippen molar-refractivity contribution in [1.82, 2.24) is 9.80 Å². The fraction of sp³-hybridized carbons (Fsp3) is 0.464. The number of imide groups is 1. The Morgan fingerprint density at radius 2 is 1.83 bits per heavy atom. The molecule has 0 spiro atoms. The van der Waals surface area contributed by atoms with E-state index in [1.165, 1.54) is 10.5 Å². The number of likely N-dealkylation sites (N-methyl/N-ethyl adjacent to an activating group) is 1. The number of piperidine rings is 1. The van der Waals surface area contributed by atoms with Crippen LogP contribution in [0.15, 0.2) is 48.5 Å². The number of nitrogens with zero attached hydrogens (tertiary/aromatic N) is 3. The molecule has 2 aromatic carbocycles. The minimum absolute atomic E-state index is 0.129. The maximum absolute atomic E-state index is 13.4. The molecule has 0 bridgehead atoms. The normalized spacial score (nSPS) is 18.1. The molecule has 7 heteroatoms. The number of anilines is 1. The minimum atomic E-state index is -0.638. The molecular formula is C28H35N3O4. The zero-order valence-corrected chi connectivity index (χ0v) is 21.1. The molecule has 2 heterocycles. The lowest BCUT2D eigenvalue weighted by molar-refractivity contribution is -0.134. The third-order valence-corrected chi connectivity index (χ3v) is 7.13. The third-order valence-electron chi connectivity index (χ3n) is 7.13. The van der Waals surface area contributed by atoms with Gasteiger partial charge in [0.1, 0.15) is 0 Å². The molecule has 0 unspecified atom stereocenters. The molecule has 1 saturated heterocycles. The number of fused-ring (bicyclic) bond motifs is 1. The highest BCUT2D eigenvalue weighted by molar-refractivity contribution is 6.23. The zero-order chi connectivity index (χ0) is 25.2. The average Bonchev–Trinajstić information content (AvgIpc) is 3.12. The largest absolute Gasteiger partial charge is 0.377 e. The number of hydrogen-bond acceptors (Lipinski definition) is 5. The molecule has 4 rings (SSSR count). The SMILES string of the molecule is COC(C)(C)CN1C(=O)c2cccc(N3CCC[C@H](C(=O)N(C)CCc4ccccc4)C3)c2C1=O. The van der Waals surface area contributed by atoms with E-state index in [1.54, 1.807) is 13.2 Å². The molecule has 1 atom stereocenters. The Balaban J connectivity index is 1.48. The first kappa shape index (κ1) is 24.9. The second kappa shape index (κ2) is 10.2. The molecular weight excluding hydrogens is 442 g/mol. The van der Waals surface area contributed by atoms with Gasteiger partial charge in [-0.1, -0.05) is 36.4 Å². The van der Waals surface area contributed by atoms with E-state index in [1.807, 2.05) is 56.1 Å². The molecule has 0 saturated carbocycles. The van der Waals surface area contributed by atoms with Gasteiger partial charge in [0, 0.05) is 33.8 Å². The first-order valence-corrected chi connectivity index (χ1v) is 12.3. The van der Waals surface area contributed by atoms with Gasteiger partial charge in [-0.05, 0) is 50.8 Å². The second-order valence-corrected chi connectivity index (χ2v) is 10.1. The fourth-order valence-corrected chi connectivity index (χ4v) is 4.93. The Morgan fingerprint density at radius 1 is 1.09 bits per heavy atom. The molecule has 2 aromatic rings. The predicted molar refractivity (Wildman–Crippen MR) is 136 cm³/mol. The van der Waals surface area contributed by atoms with E-state index in [0.29, 0.717) is 24.2 Å². The van der Waals surface area contributed by atoms with Crippen molar-refractivity contribution in [3.8, 4) is 0 Å². The van der Waals surface area contributed by atoms with Crippen LogP contribution in [0.3, 0.4) is 0 Å². The minimum Gasteiger partial charge on any atom is -0.377 e. The highest BCUT2D eigenvalue weighted by Crippen LogP contribution is 2.35. The van der Waals surface area contributed by atoms with Crippen LogP contribution in [-0.4, -0.2) is 73.5 Å².